The quantitative estimate of drug-likeness (QED) is 0.790. The zero-order chi connectivity index (χ0) is 13.0. The van der Waals surface area contributed by atoms with Crippen LogP contribution < -0.4 is 10.6 Å². The summed E-state index contributed by atoms with van der Waals surface area (Å²) in [5.74, 6) is -0.554. The van der Waals surface area contributed by atoms with Crippen molar-refractivity contribution < 1.29 is 9.59 Å². The summed E-state index contributed by atoms with van der Waals surface area (Å²) in [6.07, 6.45) is 2.55. The van der Waals surface area contributed by atoms with Gasteiger partial charge in [0.1, 0.15) is 0 Å². The van der Waals surface area contributed by atoms with E-state index >= 15 is 0 Å². The van der Waals surface area contributed by atoms with Crippen LogP contribution in [-0.2, 0) is 4.79 Å². The second-order valence-electron chi connectivity index (χ2n) is 3.56. The number of urea groups is 1. The van der Waals surface area contributed by atoms with Gasteiger partial charge in [0, 0.05) is 5.39 Å². The number of carbonyl (C=O) groups is 2. The molecule has 18 heavy (non-hydrogen) atoms. The van der Waals surface area contributed by atoms with Crippen LogP contribution in [0.15, 0.2) is 49.2 Å². The van der Waals surface area contributed by atoms with Crippen molar-refractivity contribution in [2.75, 3.05) is 5.32 Å². The van der Waals surface area contributed by atoms with Crippen molar-refractivity contribution in [1.29, 1.82) is 0 Å². The van der Waals surface area contributed by atoms with Gasteiger partial charge in [0.15, 0.2) is 0 Å². The smallest absolute Gasteiger partial charge is 0.306 e. The average Bonchev–Trinajstić information content (AvgIpc) is 2.38. The van der Waals surface area contributed by atoms with Crippen molar-refractivity contribution in [2.24, 2.45) is 0 Å². The number of benzene rings is 1. The van der Waals surface area contributed by atoms with Crippen LogP contribution in [0.25, 0.3) is 10.9 Å². The molecule has 2 rings (SSSR count). The number of nitrogens with zero attached hydrogens (tertiary/aromatic N) is 1. The fourth-order valence-electron chi connectivity index (χ4n) is 1.46. The summed E-state index contributed by atoms with van der Waals surface area (Å²) in [7, 11) is 0. The number of rotatable bonds is 2. The molecule has 0 unspecified atom stereocenters. The fraction of sp³-hybridized carbons (Fsp3) is 0. The molecule has 90 valence electrons. The minimum Gasteiger partial charge on any atom is -0.306 e. The van der Waals surface area contributed by atoms with Gasteiger partial charge in [0.05, 0.1) is 17.4 Å². The Bertz CT molecular complexity index is 622. The first-order valence-corrected chi connectivity index (χ1v) is 5.28. The molecule has 0 spiro atoms. The minimum atomic E-state index is -0.614. The first-order valence-electron chi connectivity index (χ1n) is 5.28. The van der Waals surface area contributed by atoms with Crippen LogP contribution in [0.2, 0.25) is 0 Å². The van der Waals surface area contributed by atoms with E-state index in [4.69, 9.17) is 0 Å². The Labute approximate surface area is 104 Å². The van der Waals surface area contributed by atoms with Gasteiger partial charge in [0.2, 0.25) is 0 Å². The van der Waals surface area contributed by atoms with Crippen molar-refractivity contribution in [3.05, 3.63) is 49.2 Å². The van der Waals surface area contributed by atoms with Crippen molar-refractivity contribution >= 4 is 28.5 Å². The number of hydrogen-bond donors (Lipinski definition) is 2. The molecule has 0 atom stereocenters. The Morgan fingerprint density at radius 1 is 1.28 bits per heavy atom. The van der Waals surface area contributed by atoms with Gasteiger partial charge in [-0.1, -0.05) is 24.8 Å². The minimum absolute atomic E-state index is 0.517. The Kier molecular flexibility index (Phi) is 3.33. The second-order valence-corrected chi connectivity index (χ2v) is 3.56. The highest BCUT2D eigenvalue weighted by Gasteiger charge is 2.05. The highest BCUT2D eigenvalue weighted by molar-refractivity contribution is 6.05. The maximum atomic E-state index is 11.4. The van der Waals surface area contributed by atoms with E-state index in [1.54, 1.807) is 6.07 Å². The number of anilines is 1. The number of carbonyl (C=O) groups excluding carboxylic acids is 2. The van der Waals surface area contributed by atoms with Gasteiger partial charge >= 0.3 is 6.03 Å². The van der Waals surface area contributed by atoms with Gasteiger partial charge in [-0.25, -0.2) is 4.79 Å². The Morgan fingerprint density at radius 3 is 2.83 bits per heavy atom. The van der Waals surface area contributed by atoms with Crippen molar-refractivity contribution in [3.63, 3.8) is 0 Å². The van der Waals surface area contributed by atoms with Crippen LogP contribution in [0.4, 0.5) is 10.5 Å². The molecule has 5 nitrogen and oxygen atoms in total. The maximum absolute atomic E-state index is 11.4. The predicted molar refractivity (Wildman–Crippen MR) is 69.1 cm³/mol. The summed E-state index contributed by atoms with van der Waals surface area (Å²) in [5, 5.41) is 5.52. The normalized spacial score (nSPS) is 9.78. The van der Waals surface area contributed by atoms with Gasteiger partial charge in [-0.2, -0.15) is 0 Å². The fourth-order valence-corrected chi connectivity index (χ4v) is 1.46. The number of pyridine rings is 1. The zero-order valence-electron chi connectivity index (χ0n) is 9.51. The molecule has 0 radical (unpaired) electrons. The molecule has 1 aromatic carbocycles. The molecular formula is C13H11N3O2. The lowest BCUT2D eigenvalue weighted by Crippen LogP contribution is -2.32. The van der Waals surface area contributed by atoms with Crippen molar-refractivity contribution in [1.82, 2.24) is 10.3 Å². The third-order valence-corrected chi connectivity index (χ3v) is 2.27. The molecule has 0 fully saturated rings. The first kappa shape index (κ1) is 11.8. The van der Waals surface area contributed by atoms with E-state index in [0.29, 0.717) is 5.69 Å². The van der Waals surface area contributed by atoms with Gasteiger partial charge in [0.25, 0.3) is 5.91 Å². The van der Waals surface area contributed by atoms with Gasteiger partial charge in [-0.3, -0.25) is 15.1 Å². The number of imide groups is 1. The summed E-state index contributed by atoms with van der Waals surface area (Å²) in [5.41, 5.74) is 1.36. The van der Waals surface area contributed by atoms with E-state index in [1.807, 2.05) is 24.3 Å². The molecule has 5 heteroatoms. The number of para-hydroxylation sites is 1. The average molecular weight is 241 g/mol. The Morgan fingerprint density at radius 2 is 2.06 bits per heavy atom. The van der Waals surface area contributed by atoms with E-state index in [0.717, 1.165) is 17.0 Å². The Balaban J connectivity index is 2.14. The molecule has 2 aromatic rings. The number of hydrogen-bond acceptors (Lipinski definition) is 3. The summed E-state index contributed by atoms with van der Waals surface area (Å²) in [4.78, 5) is 26.5. The van der Waals surface area contributed by atoms with Crippen LogP contribution in [0, 0.1) is 0 Å². The number of amides is 3. The number of nitrogens with one attached hydrogen (secondary N) is 2. The van der Waals surface area contributed by atoms with Crippen LogP contribution in [0.1, 0.15) is 0 Å². The van der Waals surface area contributed by atoms with Crippen molar-refractivity contribution in [2.45, 2.75) is 0 Å². The molecule has 0 aliphatic heterocycles. The molecule has 0 bridgehead atoms. The Hall–Kier alpha value is -2.69. The van der Waals surface area contributed by atoms with E-state index in [-0.39, 0.29) is 0 Å². The van der Waals surface area contributed by atoms with E-state index in [9.17, 15) is 9.59 Å². The second kappa shape index (κ2) is 5.09. The largest absolute Gasteiger partial charge is 0.326 e. The van der Waals surface area contributed by atoms with Gasteiger partial charge in [-0.15, -0.1) is 0 Å². The molecule has 1 heterocycles. The van der Waals surface area contributed by atoms with E-state index in [1.165, 1.54) is 6.20 Å². The zero-order valence-corrected chi connectivity index (χ0v) is 9.51. The number of fused-ring (bicyclic) bond motifs is 1. The lowest BCUT2D eigenvalue weighted by atomic mass is 10.2. The monoisotopic (exact) mass is 241 g/mol. The highest BCUT2D eigenvalue weighted by atomic mass is 16.2. The van der Waals surface area contributed by atoms with Crippen LogP contribution >= 0.6 is 0 Å². The highest BCUT2D eigenvalue weighted by Crippen LogP contribution is 2.15. The van der Waals surface area contributed by atoms with Gasteiger partial charge < -0.3 is 5.32 Å². The van der Waals surface area contributed by atoms with Crippen molar-refractivity contribution in [3.8, 4) is 0 Å². The molecule has 3 amide bonds. The van der Waals surface area contributed by atoms with Gasteiger partial charge in [-0.05, 0) is 18.2 Å². The predicted octanol–water partition coefficient (Wildman–Crippen LogP) is 2.07. The molecule has 1 aromatic heterocycles. The summed E-state index contributed by atoms with van der Waals surface area (Å²) >= 11 is 0. The standard InChI is InChI=1S/C13H11N3O2/c1-2-12(17)16-13(18)15-10-7-9-5-3-4-6-11(9)14-8-10/h2-8H,1H2,(H2,15,16,17,18). The molecular weight excluding hydrogens is 230 g/mol. The maximum Gasteiger partial charge on any atom is 0.326 e. The summed E-state index contributed by atoms with van der Waals surface area (Å²) in [6.45, 7) is 3.26. The van der Waals surface area contributed by atoms with Crippen LogP contribution in [0.5, 0.6) is 0 Å². The van der Waals surface area contributed by atoms with Crippen LogP contribution in [0.3, 0.4) is 0 Å². The molecule has 2 N–H and O–H groups in total. The molecule has 0 saturated heterocycles. The van der Waals surface area contributed by atoms with E-state index < -0.39 is 11.9 Å². The van der Waals surface area contributed by atoms with E-state index in [2.05, 4.69) is 22.2 Å². The number of aromatic nitrogens is 1. The SMILES string of the molecule is C=CC(=O)NC(=O)Nc1cnc2ccccc2c1. The molecule has 0 saturated carbocycles. The third kappa shape index (κ3) is 2.70. The molecule has 0 aliphatic carbocycles. The van der Waals surface area contributed by atoms with Crippen LogP contribution in [-0.4, -0.2) is 16.9 Å². The summed E-state index contributed by atoms with van der Waals surface area (Å²) in [6, 6.07) is 8.70. The third-order valence-electron chi connectivity index (χ3n) is 2.27. The lowest BCUT2D eigenvalue weighted by Gasteiger charge is -2.05. The lowest BCUT2D eigenvalue weighted by molar-refractivity contribution is -0.115. The topological polar surface area (TPSA) is 71.1 Å². The summed E-state index contributed by atoms with van der Waals surface area (Å²) < 4.78 is 0. The molecule has 0 aliphatic rings. The first-order chi connectivity index (χ1) is 8.69.